The third-order valence-corrected chi connectivity index (χ3v) is 6.25. The number of nitrogens with zero attached hydrogens (tertiary/aromatic N) is 1. The van der Waals surface area contributed by atoms with Crippen LogP contribution in [0.2, 0.25) is 0 Å². The van der Waals surface area contributed by atoms with Crippen LogP contribution in [0.15, 0.2) is 29.2 Å². The standard InChI is InChI=1S/C12H18N2O2S2/c1-10-9-17-6-5-14(10)18(15,16)12-4-2-3-11(7-12)8-13/h2-4,7,10H,5-6,8-9,13H2,1H3. The average molecular weight is 286 g/mol. The fourth-order valence-electron chi connectivity index (χ4n) is 2.04. The Hall–Kier alpha value is -0.560. The number of hydrogen-bond acceptors (Lipinski definition) is 4. The van der Waals surface area contributed by atoms with Gasteiger partial charge in [0, 0.05) is 30.6 Å². The maximum Gasteiger partial charge on any atom is 0.243 e. The van der Waals surface area contributed by atoms with Crippen molar-refractivity contribution >= 4 is 21.8 Å². The minimum Gasteiger partial charge on any atom is -0.326 e. The lowest BCUT2D eigenvalue weighted by molar-refractivity contribution is 0.367. The molecule has 1 saturated heterocycles. The van der Waals surface area contributed by atoms with Gasteiger partial charge in [-0.25, -0.2) is 8.42 Å². The molecule has 1 aromatic carbocycles. The van der Waals surface area contributed by atoms with Gasteiger partial charge in [0.15, 0.2) is 0 Å². The van der Waals surface area contributed by atoms with E-state index in [1.807, 2.05) is 13.0 Å². The molecule has 2 N–H and O–H groups in total. The largest absolute Gasteiger partial charge is 0.326 e. The second kappa shape index (κ2) is 5.61. The smallest absolute Gasteiger partial charge is 0.243 e. The molecule has 1 aliphatic rings. The highest BCUT2D eigenvalue weighted by atomic mass is 32.2. The number of nitrogens with two attached hydrogens (primary N) is 1. The molecule has 1 aromatic rings. The van der Waals surface area contributed by atoms with Crippen LogP contribution in [0, 0.1) is 0 Å². The average Bonchev–Trinajstić information content (AvgIpc) is 2.39. The topological polar surface area (TPSA) is 63.4 Å². The van der Waals surface area contributed by atoms with E-state index in [-0.39, 0.29) is 6.04 Å². The van der Waals surface area contributed by atoms with Gasteiger partial charge in [-0.2, -0.15) is 16.1 Å². The van der Waals surface area contributed by atoms with E-state index in [1.165, 1.54) is 0 Å². The van der Waals surface area contributed by atoms with E-state index >= 15 is 0 Å². The zero-order chi connectivity index (χ0) is 13.2. The first-order chi connectivity index (χ1) is 8.55. The van der Waals surface area contributed by atoms with Crippen LogP contribution in [-0.2, 0) is 16.6 Å². The lowest BCUT2D eigenvalue weighted by atomic mass is 10.2. The van der Waals surface area contributed by atoms with Crippen LogP contribution in [0.5, 0.6) is 0 Å². The molecule has 0 aromatic heterocycles. The van der Waals surface area contributed by atoms with Crippen molar-refractivity contribution in [3.8, 4) is 0 Å². The van der Waals surface area contributed by atoms with Crippen LogP contribution in [0.4, 0.5) is 0 Å². The molecule has 0 bridgehead atoms. The fourth-order valence-corrected chi connectivity index (χ4v) is 4.96. The van der Waals surface area contributed by atoms with Crippen molar-refractivity contribution in [2.24, 2.45) is 5.73 Å². The number of thioether (sulfide) groups is 1. The van der Waals surface area contributed by atoms with Crippen molar-refractivity contribution in [2.45, 2.75) is 24.4 Å². The number of sulfonamides is 1. The first-order valence-electron chi connectivity index (χ1n) is 5.94. The molecule has 0 amide bonds. The molecule has 18 heavy (non-hydrogen) atoms. The van der Waals surface area contributed by atoms with Gasteiger partial charge in [-0.1, -0.05) is 12.1 Å². The highest BCUT2D eigenvalue weighted by molar-refractivity contribution is 7.99. The molecule has 1 unspecified atom stereocenters. The van der Waals surface area contributed by atoms with Gasteiger partial charge >= 0.3 is 0 Å². The minimum absolute atomic E-state index is 0.0512. The lowest BCUT2D eigenvalue weighted by Crippen LogP contribution is -2.44. The summed E-state index contributed by atoms with van der Waals surface area (Å²) >= 11 is 1.80. The van der Waals surface area contributed by atoms with Crippen LogP contribution in [0.1, 0.15) is 12.5 Å². The molecule has 0 radical (unpaired) electrons. The molecule has 1 heterocycles. The Labute approximate surface area is 113 Å². The van der Waals surface area contributed by atoms with E-state index in [4.69, 9.17) is 5.73 Å². The van der Waals surface area contributed by atoms with Crippen molar-refractivity contribution in [2.75, 3.05) is 18.1 Å². The summed E-state index contributed by atoms with van der Waals surface area (Å²) in [6.45, 7) is 2.90. The van der Waals surface area contributed by atoms with Gasteiger partial charge in [0.2, 0.25) is 10.0 Å². The van der Waals surface area contributed by atoms with Crippen molar-refractivity contribution in [1.29, 1.82) is 0 Å². The normalized spacial score (nSPS) is 22.0. The van der Waals surface area contributed by atoms with E-state index in [0.29, 0.717) is 18.0 Å². The van der Waals surface area contributed by atoms with Crippen LogP contribution in [0.25, 0.3) is 0 Å². The third-order valence-electron chi connectivity index (χ3n) is 3.05. The highest BCUT2D eigenvalue weighted by Gasteiger charge is 2.31. The summed E-state index contributed by atoms with van der Waals surface area (Å²) in [6.07, 6.45) is 0. The molecule has 0 saturated carbocycles. The Bertz CT molecular complexity index is 517. The molecule has 0 spiro atoms. The van der Waals surface area contributed by atoms with Crippen molar-refractivity contribution in [3.63, 3.8) is 0 Å². The van der Waals surface area contributed by atoms with Crippen LogP contribution < -0.4 is 5.73 Å². The molecule has 2 rings (SSSR count). The maximum absolute atomic E-state index is 12.5. The van der Waals surface area contributed by atoms with E-state index in [9.17, 15) is 8.42 Å². The van der Waals surface area contributed by atoms with Crippen molar-refractivity contribution < 1.29 is 8.42 Å². The number of benzene rings is 1. The molecular formula is C12H18N2O2S2. The molecule has 4 nitrogen and oxygen atoms in total. The Balaban J connectivity index is 2.34. The Kier molecular flexibility index (Phi) is 4.32. The summed E-state index contributed by atoms with van der Waals surface area (Å²) in [5.74, 6) is 1.72. The third kappa shape index (κ3) is 2.71. The van der Waals surface area contributed by atoms with Crippen LogP contribution in [0.3, 0.4) is 0 Å². The summed E-state index contributed by atoms with van der Waals surface area (Å²) in [4.78, 5) is 0.351. The second-order valence-corrected chi connectivity index (χ2v) is 7.43. The zero-order valence-corrected chi connectivity index (χ0v) is 12.0. The first-order valence-corrected chi connectivity index (χ1v) is 8.54. The maximum atomic E-state index is 12.5. The molecular weight excluding hydrogens is 268 g/mol. The van der Waals surface area contributed by atoms with Gasteiger partial charge in [-0.15, -0.1) is 0 Å². The predicted octanol–water partition coefficient (Wildman–Crippen LogP) is 1.27. The van der Waals surface area contributed by atoms with Gasteiger partial charge in [-0.05, 0) is 24.6 Å². The van der Waals surface area contributed by atoms with Crippen molar-refractivity contribution in [1.82, 2.24) is 4.31 Å². The van der Waals surface area contributed by atoms with E-state index < -0.39 is 10.0 Å². The summed E-state index contributed by atoms with van der Waals surface area (Å²) < 4.78 is 26.7. The fraction of sp³-hybridized carbons (Fsp3) is 0.500. The van der Waals surface area contributed by atoms with Gasteiger partial charge in [0.25, 0.3) is 0 Å². The van der Waals surface area contributed by atoms with Gasteiger partial charge in [0.05, 0.1) is 4.90 Å². The molecule has 1 aliphatic heterocycles. The van der Waals surface area contributed by atoms with E-state index in [0.717, 1.165) is 17.1 Å². The van der Waals surface area contributed by atoms with Gasteiger partial charge in [0.1, 0.15) is 0 Å². The SMILES string of the molecule is CC1CSCCN1S(=O)(=O)c1cccc(CN)c1. The van der Waals surface area contributed by atoms with E-state index in [1.54, 1.807) is 34.3 Å². The lowest BCUT2D eigenvalue weighted by Gasteiger charge is -2.32. The van der Waals surface area contributed by atoms with Crippen molar-refractivity contribution in [3.05, 3.63) is 29.8 Å². The van der Waals surface area contributed by atoms with E-state index in [2.05, 4.69) is 0 Å². The highest BCUT2D eigenvalue weighted by Crippen LogP contribution is 2.24. The van der Waals surface area contributed by atoms with Crippen LogP contribution in [-0.4, -0.2) is 36.8 Å². The number of rotatable bonds is 3. The predicted molar refractivity (Wildman–Crippen MR) is 75.0 cm³/mol. The Morgan fingerprint density at radius 3 is 2.94 bits per heavy atom. The summed E-state index contributed by atoms with van der Waals surface area (Å²) in [7, 11) is -3.38. The molecule has 1 atom stereocenters. The number of hydrogen-bond donors (Lipinski definition) is 1. The van der Waals surface area contributed by atoms with Gasteiger partial charge in [-0.3, -0.25) is 0 Å². The Morgan fingerprint density at radius 2 is 2.28 bits per heavy atom. The zero-order valence-electron chi connectivity index (χ0n) is 10.4. The summed E-state index contributed by atoms with van der Waals surface area (Å²) in [5.41, 5.74) is 6.40. The summed E-state index contributed by atoms with van der Waals surface area (Å²) in [5, 5.41) is 0. The van der Waals surface area contributed by atoms with Gasteiger partial charge < -0.3 is 5.73 Å². The summed E-state index contributed by atoms with van der Waals surface area (Å²) in [6, 6.07) is 6.95. The Morgan fingerprint density at radius 1 is 1.50 bits per heavy atom. The van der Waals surface area contributed by atoms with Crippen LogP contribution >= 0.6 is 11.8 Å². The quantitative estimate of drug-likeness (QED) is 0.909. The molecule has 0 aliphatic carbocycles. The first kappa shape index (κ1) is 13.9. The monoisotopic (exact) mass is 286 g/mol. The molecule has 6 heteroatoms. The molecule has 100 valence electrons. The second-order valence-electron chi connectivity index (χ2n) is 4.39. The molecule has 1 fully saturated rings. The minimum atomic E-state index is -3.38.